The summed E-state index contributed by atoms with van der Waals surface area (Å²) in [5.74, 6) is -1.31. The van der Waals surface area contributed by atoms with Gasteiger partial charge in [-0.1, -0.05) is 6.92 Å². The van der Waals surface area contributed by atoms with Crippen LogP contribution in [0, 0.1) is 0 Å². The maximum Gasteiger partial charge on any atom is 0.303 e. The number of ketones is 1. The number of nitrogens with zero attached hydrogens (tertiary/aromatic N) is 1. The van der Waals surface area contributed by atoms with Crippen molar-refractivity contribution in [3.8, 4) is 5.75 Å². The average molecular weight is 376 g/mol. The Morgan fingerprint density at radius 2 is 2.00 bits per heavy atom. The van der Waals surface area contributed by atoms with Gasteiger partial charge in [0, 0.05) is 24.9 Å². The first-order valence-corrected chi connectivity index (χ1v) is 8.97. The van der Waals surface area contributed by atoms with Gasteiger partial charge in [-0.15, -0.1) is 0 Å². The number of fused-ring (bicyclic) bond motifs is 1. The Bertz CT molecular complexity index is 746. The molecule has 0 radical (unpaired) electrons. The molecule has 0 bridgehead atoms. The summed E-state index contributed by atoms with van der Waals surface area (Å²) in [7, 11) is 0. The smallest absolute Gasteiger partial charge is 0.303 e. The van der Waals surface area contributed by atoms with Crippen LogP contribution in [0.15, 0.2) is 18.2 Å². The molecule has 27 heavy (non-hydrogen) atoms. The summed E-state index contributed by atoms with van der Waals surface area (Å²) >= 11 is 0. The van der Waals surface area contributed by atoms with E-state index in [1.165, 1.54) is 4.90 Å². The molecule has 0 aromatic heterocycles. The van der Waals surface area contributed by atoms with Crippen molar-refractivity contribution in [1.29, 1.82) is 0 Å². The van der Waals surface area contributed by atoms with Crippen molar-refractivity contribution in [2.75, 3.05) is 18.0 Å². The highest BCUT2D eigenvalue weighted by atomic mass is 16.5. The van der Waals surface area contributed by atoms with Crippen LogP contribution in [-0.4, -0.2) is 47.9 Å². The van der Waals surface area contributed by atoms with Crippen LogP contribution in [0.5, 0.6) is 5.75 Å². The third kappa shape index (κ3) is 5.29. The Morgan fingerprint density at radius 3 is 2.67 bits per heavy atom. The van der Waals surface area contributed by atoms with Crippen molar-refractivity contribution in [2.45, 2.75) is 45.6 Å². The number of amides is 2. The summed E-state index contributed by atoms with van der Waals surface area (Å²) in [6.07, 6.45) is 0.633. The Morgan fingerprint density at radius 1 is 1.26 bits per heavy atom. The van der Waals surface area contributed by atoms with E-state index in [1.54, 1.807) is 25.1 Å². The van der Waals surface area contributed by atoms with Crippen molar-refractivity contribution >= 4 is 29.3 Å². The molecule has 1 aromatic rings. The minimum Gasteiger partial charge on any atom is -0.481 e. The largest absolute Gasteiger partial charge is 0.481 e. The van der Waals surface area contributed by atoms with Gasteiger partial charge in [0.15, 0.2) is 11.9 Å². The molecule has 0 fully saturated rings. The fourth-order valence-electron chi connectivity index (χ4n) is 2.78. The van der Waals surface area contributed by atoms with Crippen LogP contribution in [0.25, 0.3) is 0 Å². The lowest BCUT2D eigenvalue weighted by molar-refractivity contribution is -0.137. The second-order valence-corrected chi connectivity index (χ2v) is 6.39. The molecule has 1 unspecified atom stereocenters. The lowest BCUT2D eigenvalue weighted by atomic mass is 10.0. The van der Waals surface area contributed by atoms with Gasteiger partial charge in [-0.2, -0.15) is 0 Å². The van der Waals surface area contributed by atoms with Gasteiger partial charge in [0.2, 0.25) is 5.91 Å². The topological polar surface area (TPSA) is 113 Å². The fourth-order valence-corrected chi connectivity index (χ4v) is 2.78. The van der Waals surface area contributed by atoms with Gasteiger partial charge < -0.3 is 15.2 Å². The van der Waals surface area contributed by atoms with Crippen LogP contribution in [0.1, 0.15) is 49.9 Å². The van der Waals surface area contributed by atoms with E-state index in [2.05, 4.69) is 5.32 Å². The molecule has 0 aliphatic carbocycles. The maximum absolute atomic E-state index is 12.5. The molecule has 8 nitrogen and oxygen atoms in total. The SMILES string of the molecule is CCCC(=O)c1ccc2c(c1)N(CC(=O)NCCCC(=O)O)C(=O)C(C)O2. The van der Waals surface area contributed by atoms with Gasteiger partial charge in [-0.25, -0.2) is 0 Å². The maximum atomic E-state index is 12.5. The second-order valence-electron chi connectivity index (χ2n) is 6.39. The molecule has 0 spiro atoms. The van der Waals surface area contributed by atoms with Crippen molar-refractivity contribution in [3.63, 3.8) is 0 Å². The summed E-state index contributed by atoms with van der Waals surface area (Å²) in [4.78, 5) is 48.7. The molecule has 0 saturated heterocycles. The monoisotopic (exact) mass is 376 g/mol. The molecule has 1 atom stereocenters. The van der Waals surface area contributed by atoms with Crippen molar-refractivity contribution in [3.05, 3.63) is 23.8 Å². The zero-order valence-electron chi connectivity index (χ0n) is 15.5. The molecule has 146 valence electrons. The van der Waals surface area contributed by atoms with Gasteiger partial charge in [-0.3, -0.25) is 24.1 Å². The molecule has 2 N–H and O–H groups in total. The Labute approximate surface area is 157 Å². The molecule has 2 amide bonds. The highest BCUT2D eigenvalue weighted by molar-refractivity contribution is 6.05. The highest BCUT2D eigenvalue weighted by Gasteiger charge is 2.33. The van der Waals surface area contributed by atoms with E-state index in [9.17, 15) is 19.2 Å². The number of nitrogens with one attached hydrogen (secondary N) is 1. The molecule has 1 heterocycles. The lowest BCUT2D eigenvalue weighted by Crippen LogP contribution is -2.49. The van der Waals surface area contributed by atoms with Crippen LogP contribution in [0.2, 0.25) is 0 Å². The number of hydrogen-bond acceptors (Lipinski definition) is 5. The first-order valence-electron chi connectivity index (χ1n) is 8.97. The van der Waals surface area contributed by atoms with Gasteiger partial charge in [0.25, 0.3) is 5.91 Å². The Hall–Kier alpha value is -2.90. The molecule has 1 aliphatic rings. The van der Waals surface area contributed by atoms with Crippen molar-refractivity contribution in [2.24, 2.45) is 0 Å². The molecule has 8 heteroatoms. The van der Waals surface area contributed by atoms with Crippen LogP contribution >= 0.6 is 0 Å². The number of Topliss-reactive ketones (excluding diaryl/α,β-unsaturated/α-hetero) is 1. The van der Waals surface area contributed by atoms with Gasteiger partial charge in [0.05, 0.1) is 5.69 Å². The number of benzene rings is 1. The number of carboxylic acid groups (broad SMARTS) is 1. The van der Waals surface area contributed by atoms with Crippen LogP contribution in [-0.2, 0) is 14.4 Å². The quantitative estimate of drug-likeness (QED) is 0.502. The summed E-state index contributed by atoms with van der Waals surface area (Å²) in [6, 6.07) is 4.87. The number of anilines is 1. The minimum atomic E-state index is -0.931. The predicted molar refractivity (Wildman–Crippen MR) is 98.0 cm³/mol. The Balaban J connectivity index is 2.14. The second kappa shape index (κ2) is 9.16. The number of carbonyl (C=O) groups excluding carboxylic acids is 3. The third-order valence-corrected chi connectivity index (χ3v) is 4.16. The summed E-state index contributed by atoms with van der Waals surface area (Å²) in [5.41, 5.74) is 0.856. The third-order valence-electron chi connectivity index (χ3n) is 4.16. The highest BCUT2D eigenvalue weighted by Crippen LogP contribution is 2.35. The normalized spacial score (nSPS) is 15.7. The van der Waals surface area contributed by atoms with Crippen molar-refractivity contribution < 1.29 is 29.0 Å². The van der Waals surface area contributed by atoms with Gasteiger partial charge >= 0.3 is 5.97 Å². The van der Waals surface area contributed by atoms with E-state index in [1.807, 2.05) is 6.92 Å². The van der Waals surface area contributed by atoms with E-state index in [0.717, 1.165) is 0 Å². The molecular formula is C19H24N2O6. The average Bonchev–Trinajstić information content (AvgIpc) is 2.62. The first kappa shape index (κ1) is 20.4. The van der Waals surface area contributed by atoms with Crippen LogP contribution in [0.3, 0.4) is 0 Å². The summed E-state index contributed by atoms with van der Waals surface area (Å²) in [5, 5.41) is 11.2. The van der Waals surface area contributed by atoms with Gasteiger partial charge in [-0.05, 0) is 38.0 Å². The van der Waals surface area contributed by atoms with Crippen LogP contribution < -0.4 is 15.0 Å². The number of rotatable bonds is 9. The zero-order valence-corrected chi connectivity index (χ0v) is 15.5. The summed E-state index contributed by atoms with van der Waals surface area (Å²) in [6.45, 7) is 3.49. The number of aliphatic carboxylic acids is 1. The molecule has 0 saturated carbocycles. The first-order chi connectivity index (χ1) is 12.8. The molecule has 2 rings (SSSR count). The van der Waals surface area contributed by atoms with E-state index in [4.69, 9.17) is 9.84 Å². The van der Waals surface area contributed by atoms with Gasteiger partial charge in [0.1, 0.15) is 12.3 Å². The number of hydrogen-bond donors (Lipinski definition) is 2. The number of ether oxygens (including phenoxy) is 1. The van der Waals surface area contributed by atoms with E-state index in [-0.39, 0.29) is 31.2 Å². The number of carbonyl (C=O) groups is 4. The van der Waals surface area contributed by atoms with E-state index >= 15 is 0 Å². The lowest BCUT2D eigenvalue weighted by Gasteiger charge is -2.32. The zero-order chi connectivity index (χ0) is 20.0. The fraction of sp³-hybridized carbons (Fsp3) is 0.474. The van der Waals surface area contributed by atoms with Crippen LogP contribution in [0.4, 0.5) is 5.69 Å². The van der Waals surface area contributed by atoms with Crippen molar-refractivity contribution in [1.82, 2.24) is 5.32 Å². The molecular weight excluding hydrogens is 352 g/mol. The van der Waals surface area contributed by atoms with E-state index in [0.29, 0.717) is 36.3 Å². The molecule has 1 aliphatic heterocycles. The number of carboxylic acids is 1. The standard InChI is InChI=1S/C19H24N2O6/c1-3-5-15(22)13-7-8-16-14(10-13)21(19(26)12(2)27-16)11-17(23)20-9-4-6-18(24)25/h7-8,10,12H,3-6,9,11H2,1-2H3,(H,20,23)(H,24,25). The predicted octanol–water partition coefficient (Wildman–Crippen LogP) is 1.76. The Kier molecular flexibility index (Phi) is 6.92. The summed E-state index contributed by atoms with van der Waals surface area (Å²) < 4.78 is 5.58. The van der Waals surface area contributed by atoms with E-state index < -0.39 is 18.0 Å². The minimum absolute atomic E-state index is 0.0376. The molecule has 1 aromatic carbocycles.